The van der Waals surface area contributed by atoms with Gasteiger partial charge in [-0.1, -0.05) is 5.16 Å². The number of aromatic nitrogens is 1. The lowest BCUT2D eigenvalue weighted by molar-refractivity contribution is 0.0609. The summed E-state index contributed by atoms with van der Waals surface area (Å²) in [6.07, 6.45) is 0.718. The van der Waals surface area contributed by atoms with Crippen LogP contribution in [0.3, 0.4) is 0 Å². The monoisotopic (exact) mass is 242 g/mol. The second-order valence-corrected chi connectivity index (χ2v) is 5.14. The molecule has 2 rings (SSSR count). The number of carbonyl (C=O) groups excluding carboxylic acids is 1. The first kappa shape index (κ1) is 11.5. The summed E-state index contributed by atoms with van der Waals surface area (Å²) in [5, 5.41) is 16.3. The van der Waals surface area contributed by atoms with E-state index >= 15 is 0 Å². The molecule has 1 unspecified atom stereocenters. The van der Waals surface area contributed by atoms with E-state index in [1.54, 1.807) is 24.8 Å². The number of amides is 1. The summed E-state index contributed by atoms with van der Waals surface area (Å²) in [6.45, 7) is 2.00. The maximum absolute atomic E-state index is 11.6. The molecule has 1 aliphatic rings. The number of rotatable bonds is 3. The van der Waals surface area contributed by atoms with Gasteiger partial charge in [0.1, 0.15) is 5.76 Å². The zero-order chi connectivity index (χ0) is 11.6. The Morgan fingerprint density at radius 3 is 3.19 bits per heavy atom. The Hall–Kier alpha value is -1.01. The first-order valence-electron chi connectivity index (χ1n) is 5.11. The van der Waals surface area contributed by atoms with Crippen molar-refractivity contribution in [2.75, 3.05) is 18.1 Å². The van der Waals surface area contributed by atoms with E-state index in [2.05, 4.69) is 10.5 Å². The van der Waals surface area contributed by atoms with Crippen LogP contribution in [0.1, 0.15) is 22.7 Å². The molecule has 2 N–H and O–H groups in total. The van der Waals surface area contributed by atoms with E-state index in [-0.39, 0.29) is 18.1 Å². The van der Waals surface area contributed by atoms with E-state index < -0.39 is 5.60 Å². The van der Waals surface area contributed by atoms with Crippen LogP contribution in [-0.2, 0) is 0 Å². The molecule has 0 saturated carbocycles. The molecule has 0 aliphatic carbocycles. The molecule has 1 aromatic heterocycles. The maximum atomic E-state index is 11.6. The van der Waals surface area contributed by atoms with Crippen molar-refractivity contribution < 1.29 is 14.4 Å². The third kappa shape index (κ3) is 2.56. The van der Waals surface area contributed by atoms with E-state index in [1.165, 1.54) is 0 Å². The second-order valence-electron chi connectivity index (χ2n) is 4.03. The molecule has 0 aromatic carbocycles. The number of nitrogens with zero attached hydrogens (tertiary/aromatic N) is 1. The molecule has 0 spiro atoms. The zero-order valence-electron chi connectivity index (χ0n) is 9.02. The predicted molar refractivity (Wildman–Crippen MR) is 60.5 cm³/mol. The standard InChI is InChI=1S/C10H14N2O3S/c1-7-4-8(12-15-7)9(13)11-5-10(14)2-3-16-6-10/h4,14H,2-3,5-6H2,1H3,(H,11,13). The highest BCUT2D eigenvalue weighted by Gasteiger charge is 2.32. The average molecular weight is 242 g/mol. The minimum absolute atomic E-state index is 0.256. The van der Waals surface area contributed by atoms with Gasteiger partial charge in [0, 0.05) is 18.4 Å². The summed E-state index contributed by atoms with van der Waals surface area (Å²) in [7, 11) is 0. The Labute approximate surface area is 97.6 Å². The molecule has 6 heteroatoms. The maximum Gasteiger partial charge on any atom is 0.273 e. The molecule has 2 heterocycles. The van der Waals surface area contributed by atoms with Crippen molar-refractivity contribution in [1.82, 2.24) is 10.5 Å². The number of hydrogen-bond acceptors (Lipinski definition) is 5. The fraction of sp³-hybridized carbons (Fsp3) is 0.600. The molecular formula is C10H14N2O3S. The van der Waals surface area contributed by atoms with Gasteiger partial charge in [-0.05, 0) is 19.1 Å². The van der Waals surface area contributed by atoms with Crippen molar-refractivity contribution in [1.29, 1.82) is 0 Å². The molecule has 5 nitrogen and oxygen atoms in total. The van der Waals surface area contributed by atoms with Crippen LogP contribution in [-0.4, -0.2) is 39.8 Å². The van der Waals surface area contributed by atoms with Crippen LogP contribution in [0.4, 0.5) is 0 Å². The lowest BCUT2D eigenvalue weighted by atomic mass is 10.0. The minimum atomic E-state index is -0.765. The molecular weight excluding hydrogens is 228 g/mol. The summed E-state index contributed by atoms with van der Waals surface area (Å²) in [4.78, 5) is 11.6. The van der Waals surface area contributed by atoms with Crippen molar-refractivity contribution in [3.05, 3.63) is 17.5 Å². The highest BCUT2D eigenvalue weighted by Crippen LogP contribution is 2.26. The Morgan fingerprint density at radius 1 is 1.81 bits per heavy atom. The molecule has 88 valence electrons. The van der Waals surface area contributed by atoms with Crippen molar-refractivity contribution in [3.63, 3.8) is 0 Å². The molecule has 1 aliphatic heterocycles. The Kier molecular flexibility index (Phi) is 3.20. The fourth-order valence-electron chi connectivity index (χ4n) is 1.54. The Balaban J connectivity index is 1.88. The summed E-state index contributed by atoms with van der Waals surface area (Å²) in [5.74, 6) is 1.91. The van der Waals surface area contributed by atoms with Gasteiger partial charge in [-0.15, -0.1) is 0 Å². The molecule has 0 bridgehead atoms. The molecule has 16 heavy (non-hydrogen) atoms. The van der Waals surface area contributed by atoms with Gasteiger partial charge in [0.15, 0.2) is 5.69 Å². The second kappa shape index (κ2) is 4.47. The largest absolute Gasteiger partial charge is 0.387 e. The van der Waals surface area contributed by atoms with E-state index in [1.807, 2.05) is 0 Å². The van der Waals surface area contributed by atoms with Crippen LogP contribution < -0.4 is 5.32 Å². The molecule has 1 aromatic rings. The van der Waals surface area contributed by atoms with Gasteiger partial charge < -0.3 is 14.9 Å². The number of thioether (sulfide) groups is 1. The highest BCUT2D eigenvalue weighted by molar-refractivity contribution is 7.99. The highest BCUT2D eigenvalue weighted by atomic mass is 32.2. The van der Waals surface area contributed by atoms with Crippen LogP contribution in [0.25, 0.3) is 0 Å². The van der Waals surface area contributed by atoms with Crippen molar-refractivity contribution in [3.8, 4) is 0 Å². The van der Waals surface area contributed by atoms with Crippen LogP contribution in [0.15, 0.2) is 10.6 Å². The third-order valence-electron chi connectivity index (χ3n) is 2.52. The molecule has 1 fully saturated rings. The first-order valence-corrected chi connectivity index (χ1v) is 6.26. The normalized spacial score (nSPS) is 24.6. The average Bonchev–Trinajstić information content (AvgIpc) is 2.85. The van der Waals surface area contributed by atoms with Crippen LogP contribution >= 0.6 is 11.8 Å². The van der Waals surface area contributed by atoms with Gasteiger partial charge in [0.25, 0.3) is 5.91 Å². The van der Waals surface area contributed by atoms with Crippen LogP contribution in [0.2, 0.25) is 0 Å². The topological polar surface area (TPSA) is 75.4 Å². The van der Waals surface area contributed by atoms with E-state index in [0.29, 0.717) is 11.5 Å². The zero-order valence-corrected chi connectivity index (χ0v) is 9.84. The summed E-state index contributed by atoms with van der Waals surface area (Å²) in [5.41, 5.74) is -0.509. The predicted octanol–water partition coefficient (Wildman–Crippen LogP) is 0.581. The number of aliphatic hydroxyl groups is 1. The third-order valence-corrected chi connectivity index (χ3v) is 3.76. The Morgan fingerprint density at radius 2 is 2.62 bits per heavy atom. The van der Waals surface area contributed by atoms with Gasteiger partial charge in [0.2, 0.25) is 0 Å². The van der Waals surface area contributed by atoms with Gasteiger partial charge in [0.05, 0.1) is 5.60 Å². The summed E-state index contributed by atoms with van der Waals surface area (Å²) in [6, 6.07) is 1.57. The van der Waals surface area contributed by atoms with E-state index in [9.17, 15) is 9.90 Å². The Bertz CT molecular complexity index is 385. The van der Waals surface area contributed by atoms with Crippen molar-refractivity contribution in [2.24, 2.45) is 0 Å². The summed E-state index contributed by atoms with van der Waals surface area (Å²) >= 11 is 1.70. The number of nitrogens with one attached hydrogen (secondary N) is 1. The lowest BCUT2D eigenvalue weighted by Crippen LogP contribution is -2.43. The minimum Gasteiger partial charge on any atom is -0.387 e. The number of aryl methyl sites for hydroxylation is 1. The van der Waals surface area contributed by atoms with Gasteiger partial charge >= 0.3 is 0 Å². The fourth-order valence-corrected chi connectivity index (χ4v) is 2.84. The smallest absolute Gasteiger partial charge is 0.273 e. The van der Waals surface area contributed by atoms with Gasteiger partial charge in [-0.3, -0.25) is 4.79 Å². The quantitative estimate of drug-likeness (QED) is 0.811. The first-order chi connectivity index (χ1) is 7.59. The lowest BCUT2D eigenvalue weighted by Gasteiger charge is -2.20. The SMILES string of the molecule is Cc1cc(C(=O)NCC2(O)CCSC2)no1. The number of carbonyl (C=O) groups is 1. The molecule has 1 atom stereocenters. The molecule has 0 radical (unpaired) electrons. The van der Waals surface area contributed by atoms with Crippen molar-refractivity contribution >= 4 is 17.7 Å². The summed E-state index contributed by atoms with van der Waals surface area (Å²) < 4.78 is 4.81. The number of hydrogen-bond donors (Lipinski definition) is 2. The van der Waals surface area contributed by atoms with Crippen LogP contribution in [0.5, 0.6) is 0 Å². The van der Waals surface area contributed by atoms with E-state index in [4.69, 9.17) is 4.52 Å². The van der Waals surface area contributed by atoms with Gasteiger partial charge in [-0.25, -0.2) is 0 Å². The molecule has 1 amide bonds. The van der Waals surface area contributed by atoms with Gasteiger partial charge in [-0.2, -0.15) is 11.8 Å². The van der Waals surface area contributed by atoms with E-state index in [0.717, 1.165) is 12.2 Å². The molecule has 1 saturated heterocycles. The van der Waals surface area contributed by atoms with Crippen LogP contribution in [0, 0.1) is 6.92 Å². The van der Waals surface area contributed by atoms with Crippen molar-refractivity contribution in [2.45, 2.75) is 18.9 Å².